The van der Waals surface area contributed by atoms with Crippen LogP contribution < -0.4 is 11.1 Å². The Hall–Kier alpha value is -2.55. The highest BCUT2D eigenvalue weighted by molar-refractivity contribution is 5.98. The van der Waals surface area contributed by atoms with Gasteiger partial charge in [0.05, 0.1) is 11.2 Å². The molecule has 0 saturated heterocycles. The van der Waals surface area contributed by atoms with Gasteiger partial charge in [0, 0.05) is 23.0 Å². The number of nitrogens with one attached hydrogen (secondary N) is 1. The standard InChI is InChI=1S/C18H19N3/c1-12(2)13-6-3-4-9-16(13)21-17-10-11-20-18-14(17)7-5-8-15(18)19/h3-12H,19H2,1-2H3,(H,20,21). The summed E-state index contributed by atoms with van der Waals surface area (Å²) in [6.45, 7) is 4.40. The molecule has 3 rings (SSSR count). The van der Waals surface area contributed by atoms with Crippen LogP contribution in [0.25, 0.3) is 10.9 Å². The number of pyridine rings is 1. The minimum Gasteiger partial charge on any atom is -0.397 e. The van der Waals surface area contributed by atoms with Crippen LogP contribution in [-0.4, -0.2) is 4.98 Å². The van der Waals surface area contributed by atoms with E-state index < -0.39 is 0 Å². The van der Waals surface area contributed by atoms with Crippen LogP contribution in [0.3, 0.4) is 0 Å². The van der Waals surface area contributed by atoms with E-state index in [-0.39, 0.29) is 0 Å². The van der Waals surface area contributed by atoms with Gasteiger partial charge in [-0.2, -0.15) is 0 Å². The number of nitrogens with zero attached hydrogens (tertiary/aromatic N) is 1. The minimum absolute atomic E-state index is 0.465. The highest BCUT2D eigenvalue weighted by Crippen LogP contribution is 2.31. The van der Waals surface area contributed by atoms with Gasteiger partial charge < -0.3 is 11.1 Å². The van der Waals surface area contributed by atoms with Crippen molar-refractivity contribution in [2.24, 2.45) is 0 Å². The van der Waals surface area contributed by atoms with Crippen molar-refractivity contribution in [1.29, 1.82) is 0 Å². The number of para-hydroxylation sites is 2. The van der Waals surface area contributed by atoms with Gasteiger partial charge in [0.15, 0.2) is 0 Å². The largest absolute Gasteiger partial charge is 0.397 e. The first-order valence-electron chi connectivity index (χ1n) is 7.16. The van der Waals surface area contributed by atoms with Gasteiger partial charge in [-0.3, -0.25) is 4.98 Å². The van der Waals surface area contributed by atoms with Gasteiger partial charge in [-0.15, -0.1) is 0 Å². The summed E-state index contributed by atoms with van der Waals surface area (Å²) in [5.41, 5.74) is 11.0. The van der Waals surface area contributed by atoms with Crippen LogP contribution in [0.4, 0.5) is 17.1 Å². The summed E-state index contributed by atoms with van der Waals surface area (Å²) in [7, 11) is 0. The van der Waals surface area contributed by atoms with Crippen molar-refractivity contribution in [3.8, 4) is 0 Å². The maximum Gasteiger partial charge on any atom is 0.0951 e. The third kappa shape index (κ3) is 2.55. The average Bonchev–Trinajstić information content (AvgIpc) is 2.49. The third-order valence-corrected chi connectivity index (χ3v) is 3.65. The lowest BCUT2D eigenvalue weighted by atomic mass is 10.0. The molecule has 3 aromatic rings. The Kier molecular flexibility index (Phi) is 3.48. The normalized spacial score (nSPS) is 11.0. The van der Waals surface area contributed by atoms with Crippen LogP contribution in [0.2, 0.25) is 0 Å². The lowest BCUT2D eigenvalue weighted by molar-refractivity contribution is 0.869. The zero-order chi connectivity index (χ0) is 14.8. The molecule has 3 nitrogen and oxygen atoms in total. The molecule has 1 heterocycles. The van der Waals surface area contributed by atoms with Crippen molar-refractivity contribution in [3.05, 3.63) is 60.3 Å². The number of aromatic nitrogens is 1. The molecule has 0 fully saturated rings. The number of nitrogens with two attached hydrogens (primary N) is 1. The molecule has 0 radical (unpaired) electrons. The maximum atomic E-state index is 6.01. The van der Waals surface area contributed by atoms with E-state index in [2.05, 4.69) is 42.3 Å². The Labute approximate surface area is 124 Å². The van der Waals surface area contributed by atoms with Gasteiger partial charge >= 0.3 is 0 Å². The molecule has 0 spiro atoms. The van der Waals surface area contributed by atoms with Gasteiger partial charge in [0.2, 0.25) is 0 Å². The molecule has 1 aromatic heterocycles. The molecule has 0 amide bonds. The molecular formula is C18H19N3. The zero-order valence-corrected chi connectivity index (χ0v) is 12.3. The van der Waals surface area contributed by atoms with Crippen molar-refractivity contribution in [1.82, 2.24) is 4.98 Å². The fourth-order valence-corrected chi connectivity index (χ4v) is 2.57. The summed E-state index contributed by atoms with van der Waals surface area (Å²) < 4.78 is 0. The van der Waals surface area contributed by atoms with Crippen molar-refractivity contribution in [2.75, 3.05) is 11.1 Å². The summed E-state index contributed by atoms with van der Waals surface area (Å²) in [4.78, 5) is 4.38. The van der Waals surface area contributed by atoms with Gasteiger partial charge in [0.1, 0.15) is 0 Å². The first kappa shape index (κ1) is 13.4. The van der Waals surface area contributed by atoms with E-state index in [9.17, 15) is 0 Å². The molecule has 0 aliphatic carbocycles. The van der Waals surface area contributed by atoms with E-state index in [1.54, 1.807) is 6.20 Å². The minimum atomic E-state index is 0.465. The fraction of sp³-hybridized carbons (Fsp3) is 0.167. The SMILES string of the molecule is CC(C)c1ccccc1Nc1ccnc2c(N)cccc12. The van der Waals surface area contributed by atoms with Gasteiger partial charge in [-0.1, -0.05) is 44.2 Å². The molecule has 2 aromatic carbocycles. The van der Waals surface area contributed by atoms with Crippen molar-refractivity contribution in [3.63, 3.8) is 0 Å². The molecule has 3 N–H and O–H groups in total. The molecule has 3 heteroatoms. The summed E-state index contributed by atoms with van der Waals surface area (Å²) in [5, 5.41) is 4.57. The molecular weight excluding hydrogens is 258 g/mol. The summed E-state index contributed by atoms with van der Waals surface area (Å²) in [6, 6.07) is 16.2. The van der Waals surface area contributed by atoms with E-state index in [4.69, 9.17) is 5.73 Å². The average molecular weight is 277 g/mol. The Bertz CT molecular complexity index is 778. The highest BCUT2D eigenvalue weighted by atomic mass is 14.9. The molecule has 0 bridgehead atoms. The highest BCUT2D eigenvalue weighted by Gasteiger charge is 2.08. The Morgan fingerprint density at radius 1 is 0.952 bits per heavy atom. The lowest BCUT2D eigenvalue weighted by Gasteiger charge is -2.16. The van der Waals surface area contributed by atoms with Crippen LogP contribution >= 0.6 is 0 Å². The van der Waals surface area contributed by atoms with Gasteiger partial charge in [-0.05, 0) is 29.7 Å². The van der Waals surface area contributed by atoms with Crippen LogP contribution in [0.5, 0.6) is 0 Å². The molecule has 0 aliphatic rings. The van der Waals surface area contributed by atoms with E-state index in [1.807, 2.05) is 30.3 Å². The second kappa shape index (κ2) is 5.44. The number of hydrogen-bond acceptors (Lipinski definition) is 3. The molecule has 0 atom stereocenters. The third-order valence-electron chi connectivity index (χ3n) is 3.65. The Morgan fingerprint density at radius 2 is 1.76 bits per heavy atom. The first-order chi connectivity index (χ1) is 10.2. The summed E-state index contributed by atoms with van der Waals surface area (Å²) in [5.74, 6) is 0.465. The first-order valence-corrected chi connectivity index (χ1v) is 7.16. The molecule has 21 heavy (non-hydrogen) atoms. The van der Waals surface area contributed by atoms with E-state index in [0.717, 1.165) is 22.3 Å². The monoisotopic (exact) mass is 277 g/mol. The topological polar surface area (TPSA) is 50.9 Å². The van der Waals surface area contributed by atoms with Crippen LogP contribution in [-0.2, 0) is 0 Å². The van der Waals surface area contributed by atoms with Crippen molar-refractivity contribution in [2.45, 2.75) is 19.8 Å². The number of anilines is 3. The second-order valence-electron chi connectivity index (χ2n) is 5.47. The molecule has 0 aliphatic heterocycles. The van der Waals surface area contributed by atoms with Crippen LogP contribution in [0.1, 0.15) is 25.3 Å². The molecule has 0 saturated carbocycles. The number of benzene rings is 2. The van der Waals surface area contributed by atoms with Crippen molar-refractivity contribution >= 4 is 28.0 Å². The number of nitrogen functional groups attached to an aromatic ring is 1. The number of hydrogen-bond donors (Lipinski definition) is 2. The quantitative estimate of drug-likeness (QED) is 0.683. The van der Waals surface area contributed by atoms with Crippen LogP contribution in [0.15, 0.2) is 54.7 Å². The van der Waals surface area contributed by atoms with Crippen LogP contribution in [0, 0.1) is 0 Å². The smallest absolute Gasteiger partial charge is 0.0951 e. The van der Waals surface area contributed by atoms with Gasteiger partial charge in [-0.25, -0.2) is 0 Å². The molecule has 106 valence electrons. The fourth-order valence-electron chi connectivity index (χ4n) is 2.57. The van der Waals surface area contributed by atoms with Crippen molar-refractivity contribution < 1.29 is 0 Å². The summed E-state index contributed by atoms with van der Waals surface area (Å²) in [6.07, 6.45) is 1.79. The maximum absolute atomic E-state index is 6.01. The van der Waals surface area contributed by atoms with E-state index in [0.29, 0.717) is 11.6 Å². The summed E-state index contributed by atoms with van der Waals surface area (Å²) >= 11 is 0. The van der Waals surface area contributed by atoms with E-state index in [1.165, 1.54) is 5.56 Å². The Balaban J connectivity index is 2.09. The zero-order valence-electron chi connectivity index (χ0n) is 12.3. The lowest BCUT2D eigenvalue weighted by Crippen LogP contribution is -1.99. The second-order valence-corrected chi connectivity index (χ2v) is 5.47. The predicted molar refractivity (Wildman–Crippen MR) is 90.0 cm³/mol. The molecule has 0 unspecified atom stereocenters. The Morgan fingerprint density at radius 3 is 2.57 bits per heavy atom. The van der Waals surface area contributed by atoms with Gasteiger partial charge in [0.25, 0.3) is 0 Å². The number of fused-ring (bicyclic) bond motifs is 1. The predicted octanol–water partition coefficient (Wildman–Crippen LogP) is 4.68. The number of rotatable bonds is 3. The van der Waals surface area contributed by atoms with E-state index >= 15 is 0 Å².